The molecule has 1 atom stereocenters. The maximum Gasteiger partial charge on any atom is 0.340 e. The summed E-state index contributed by atoms with van der Waals surface area (Å²) in [5, 5.41) is 7.93. The van der Waals surface area contributed by atoms with Gasteiger partial charge in [0.1, 0.15) is 17.3 Å². The van der Waals surface area contributed by atoms with Crippen molar-refractivity contribution in [3.05, 3.63) is 78.1 Å². The second kappa shape index (κ2) is 8.25. The van der Waals surface area contributed by atoms with E-state index in [0.29, 0.717) is 22.6 Å². The van der Waals surface area contributed by atoms with E-state index < -0.39 is 27.3 Å². The molecule has 0 bridgehead atoms. The molecule has 162 valence electrons. The van der Waals surface area contributed by atoms with Gasteiger partial charge in [-0.05, 0) is 24.1 Å². The third kappa shape index (κ3) is 4.68. The Morgan fingerprint density at radius 3 is 2.94 bits per heavy atom. The number of thiazole rings is 1. The van der Waals surface area contributed by atoms with E-state index in [9.17, 15) is 17.6 Å². The highest BCUT2D eigenvalue weighted by Gasteiger charge is 2.17. The summed E-state index contributed by atoms with van der Waals surface area (Å²) >= 11 is 1.37. The molecule has 0 radical (unpaired) electrons. The Morgan fingerprint density at radius 2 is 2.23 bits per heavy atom. The second-order valence-corrected chi connectivity index (χ2v) is 8.93. The van der Waals surface area contributed by atoms with E-state index in [-0.39, 0.29) is 23.7 Å². The van der Waals surface area contributed by atoms with Crippen LogP contribution in [0.15, 0.2) is 39.0 Å². The van der Waals surface area contributed by atoms with Crippen molar-refractivity contribution < 1.29 is 22.0 Å². The molecule has 2 aromatic heterocycles. The number of hydrogen-bond donors (Lipinski definition) is 1. The first-order valence-corrected chi connectivity index (χ1v) is 11.5. The van der Waals surface area contributed by atoms with Crippen molar-refractivity contribution in [3.63, 3.8) is 0 Å². The predicted molar refractivity (Wildman–Crippen MR) is 114 cm³/mol. The smallest absolute Gasteiger partial charge is 0.340 e. The van der Waals surface area contributed by atoms with Gasteiger partial charge < -0.3 is 13.9 Å². The van der Waals surface area contributed by atoms with Crippen molar-refractivity contribution >= 4 is 39.4 Å². The summed E-state index contributed by atoms with van der Waals surface area (Å²) in [6, 6.07) is 4.08. The maximum absolute atomic E-state index is 14.7. The fourth-order valence-electron chi connectivity index (χ4n) is 3.35. The zero-order chi connectivity index (χ0) is 22.2. The summed E-state index contributed by atoms with van der Waals surface area (Å²) in [5.74, 6) is -0.861. The highest BCUT2D eigenvalue weighted by Crippen LogP contribution is 2.28. The van der Waals surface area contributed by atoms with E-state index in [4.69, 9.17) is 14.3 Å². The minimum Gasteiger partial charge on any atom is -0.562 e. The van der Waals surface area contributed by atoms with E-state index in [1.807, 2.05) is 6.08 Å². The summed E-state index contributed by atoms with van der Waals surface area (Å²) in [6.07, 6.45) is 5.41. The number of ether oxygens (including phenoxy) is 1. The molecule has 0 aliphatic heterocycles. The SMILES string of the molecule is Cc1c(Cc2cccc([N-]S(N)(=O)=O)c2F)c(=O)oc2c1=CCC(Oc1nccs1)C=2. The van der Waals surface area contributed by atoms with Gasteiger partial charge in [0.2, 0.25) is 0 Å². The number of fused-ring (bicyclic) bond motifs is 1. The molecule has 31 heavy (non-hydrogen) atoms. The highest BCUT2D eigenvalue weighted by molar-refractivity contribution is 7.92. The molecular weight excluding hydrogens is 445 g/mol. The average Bonchev–Trinajstić information content (AvgIpc) is 3.19. The van der Waals surface area contributed by atoms with Gasteiger partial charge in [0.25, 0.3) is 5.19 Å². The van der Waals surface area contributed by atoms with Gasteiger partial charge in [0.05, 0.1) is 0 Å². The number of aromatic nitrogens is 1. The van der Waals surface area contributed by atoms with Crippen LogP contribution in [0, 0.1) is 12.7 Å². The predicted octanol–water partition coefficient (Wildman–Crippen LogP) is 1.76. The van der Waals surface area contributed by atoms with Crippen molar-refractivity contribution in [2.75, 3.05) is 0 Å². The van der Waals surface area contributed by atoms with Gasteiger partial charge in [-0.15, -0.1) is 0 Å². The molecule has 1 aliphatic carbocycles. The van der Waals surface area contributed by atoms with Crippen LogP contribution >= 0.6 is 11.3 Å². The van der Waals surface area contributed by atoms with Crippen LogP contribution in [0.4, 0.5) is 10.1 Å². The standard InChI is InChI=1S/C20H17FN3O5S2/c1-11-14-6-5-13(28-20-23-7-8-30-20)10-17(14)29-19(25)15(11)9-12-3-2-4-16(18(12)21)24-31(22,26)27/h2-4,6-8,10,13H,5,9H2,1H3,(H2,22,26,27)/q-1. The van der Waals surface area contributed by atoms with Crippen LogP contribution in [0.5, 0.6) is 5.19 Å². The lowest BCUT2D eigenvalue weighted by molar-refractivity contribution is 0.265. The van der Waals surface area contributed by atoms with Crippen molar-refractivity contribution in [2.45, 2.75) is 25.9 Å². The lowest BCUT2D eigenvalue weighted by Gasteiger charge is -2.20. The Hall–Kier alpha value is -3.02. The van der Waals surface area contributed by atoms with Crippen molar-refractivity contribution in [2.24, 2.45) is 5.14 Å². The van der Waals surface area contributed by atoms with Crippen molar-refractivity contribution in [1.82, 2.24) is 4.98 Å². The Morgan fingerprint density at radius 1 is 1.42 bits per heavy atom. The van der Waals surface area contributed by atoms with Crippen molar-refractivity contribution in [3.8, 4) is 5.19 Å². The first-order chi connectivity index (χ1) is 14.7. The van der Waals surface area contributed by atoms with E-state index in [2.05, 4.69) is 9.71 Å². The summed E-state index contributed by atoms with van der Waals surface area (Å²) in [4.78, 5) is 16.7. The van der Waals surface area contributed by atoms with Crippen molar-refractivity contribution in [1.29, 1.82) is 0 Å². The quantitative estimate of drug-likeness (QED) is 0.595. The molecule has 2 heterocycles. The molecule has 0 amide bonds. The van der Waals surface area contributed by atoms with Gasteiger partial charge in [-0.3, -0.25) is 0 Å². The third-order valence-corrected chi connectivity index (χ3v) is 5.89. The number of rotatable bonds is 6. The Balaban J connectivity index is 1.68. The summed E-state index contributed by atoms with van der Waals surface area (Å²) in [6.45, 7) is 1.76. The highest BCUT2D eigenvalue weighted by atomic mass is 32.2. The summed E-state index contributed by atoms with van der Waals surface area (Å²) in [7, 11) is -4.26. The van der Waals surface area contributed by atoms with Crippen LogP contribution in [0.2, 0.25) is 0 Å². The first-order valence-electron chi connectivity index (χ1n) is 9.15. The molecule has 0 spiro atoms. The monoisotopic (exact) mass is 462 g/mol. The van der Waals surface area contributed by atoms with Gasteiger partial charge in [0, 0.05) is 35.2 Å². The number of nitrogens with two attached hydrogens (primary N) is 1. The van der Waals surface area contributed by atoms with E-state index in [1.165, 1.54) is 29.5 Å². The molecule has 2 N–H and O–H groups in total. The lowest BCUT2D eigenvalue weighted by atomic mass is 9.98. The molecule has 4 rings (SSSR count). The van der Waals surface area contributed by atoms with E-state index >= 15 is 0 Å². The van der Waals surface area contributed by atoms with Gasteiger partial charge >= 0.3 is 5.63 Å². The van der Waals surface area contributed by atoms with Gasteiger partial charge in [-0.25, -0.2) is 27.7 Å². The van der Waals surface area contributed by atoms with Gasteiger partial charge in [-0.2, -0.15) is 0 Å². The molecular formula is C20H17FN3O5S2-. The maximum atomic E-state index is 14.7. The average molecular weight is 463 g/mol. The first kappa shape index (κ1) is 21.2. The number of hydrogen-bond acceptors (Lipinski definition) is 7. The molecule has 0 saturated carbocycles. The normalized spacial score (nSPS) is 15.5. The van der Waals surface area contributed by atoms with Gasteiger partial charge in [0.15, 0.2) is 10.2 Å². The molecule has 0 fully saturated rings. The minimum absolute atomic E-state index is 0.0891. The molecule has 1 aromatic carbocycles. The summed E-state index contributed by atoms with van der Waals surface area (Å²) in [5.41, 5.74) is 0.395. The largest absolute Gasteiger partial charge is 0.562 e. The zero-order valence-corrected chi connectivity index (χ0v) is 17.9. The Kier molecular flexibility index (Phi) is 5.65. The van der Waals surface area contributed by atoms with E-state index in [1.54, 1.807) is 24.6 Å². The van der Waals surface area contributed by atoms with Crippen LogP contribution in [0.3, 0.4) is 0 Å². The number of nitrogens with zero attached hydrogens (tertiary/aromatic N) is 2. The molecule has 1 unspecified atom stereocenters. The number of benzene rings is 1. The van der Waals surface area contributed by atoms with Gasteiger partial charge in [-0.1, -0.05) is 41.3 Å². The molecule has 1 aliphatic rings. The topological polar surface area (TPSA) is 127 Å². The van der Waals surface area contributed by atoms with Crippen LogP contribution in [0.1, 0.15) is 23.1 Å². The molecule has 3 aromatic rings. The second-order valence-electron chi connectivity index (χ2n) is 6.87. The fourth-order valence-corrected chi connectivity index (χ4v) is 4.31. The van der Waals surface area contributed by atoms with Crippen LogP contribution in [0.25, 0.3) is 16.9 Å². The number of halogens is 1. The van der Waals surface area contributed by atoms with Crippen LogP contribution in [-0.2, 0) is 16.6 Å². The zero-order valence-electron chi connectivity index (χ0n) is 16.2. The Labute approximate surface area is 180 Å². The third-order valence-electron chi connectivity index (χ3n) is 4.78. The summed E-state index contributed by atoms with van der Waals surface area (Å²) < 4.78 is 51.5. The lowest BCUT2D eigenvalue weighted by Crippen LogP contribution is -2.39. The van der Waals surface area contributed by atoms with Crippen LogP contribution in [-0.4, -0.2) is 19.5 Å². The van der Waals surface area contributed by atoms with E-state index in [0.717, 1.165) is 5.22 Å². The molecule has 0 saturated heterocycles. The molecule has 8 nitrogen and oxygen atoms in total. The minimum atomic E-state index is -4.26. The molecule has 11 heteroatoms. The fraction of sp³-hybridized carbons (Fsp3) is 0.200. The van der Waals surface area contributed by atoms with Crippen LogP contribution < -0.4 is 26.1 Å². The Bertz CT molecular complexity index is 1420.